The van der Waals surface area contributed by atoms with Crippen molar-refractivity contribution in [3.05, 3.63) is 29.8 Å². The zero-order chi connectivity index (χ0) is 11.5. The Labute approximate surface area is 92.8 Å². The van der Waals surface area contributed by atoms with E-state index in [4.69, 9.17) is 9.84 Å². The van der Waals surface area contributed by atoms with Gasteiger partial charge in [-0.1, -0.05) is 12.1 Å². The number of hydrogen-bond donors (Lipinski definition) is 2. The van der Waals surface area contributed by atoms with Crippen LogP contribution in [-0.2, 0) is 4.79 Å². The predicted molar refractivity (Wildman–Crippen MR) is 59.0 cm³/mol. The third kappa shape index (κ3) is 1.84. The first-order valence-electron chi connectivity index (χ1n) is 4.89. The maximum absolute atomic E-state index is 10.8. The molecule has 1 unspecified atom stereocenters. The Morgan fingerprint density at radius 3 is 2.94 bits per heavy atom. The maximum atomic E-state index is 10.8. The average molecular weight is 220 g/mol. The number of carboxylic acid groups (broad SMARTS) is 1. The topological polar surface area (TPSA) is 70.9 Å². The number of carbonyl (C=O) groups is 1. The number of hydrogen-bond acceptors (Lipinski definition) is 4. The fraction of sp³-hybridized carbons (Fsp3) is 0.273. The number of benzene rings is 1. The van der Waals surface area contributed by atoms with Gasteiger partial charge in [0.2, 0.25) is 0 Å². The first kappa shape index (κ1) is 10.5. The van der Waals surface area contributed by atoms with E-state index < -0.39 is 12.0 Å². The van der Waals surface area contributed by atoms with Crippen molar-refractivity contribution in [1.29, 1.82) is 0 Å². The van der Waals surface area contributed by atoms with Crippen LogP contribution in [0.1, 0.15) is 5.56 Å². The number of para-hydroxylation sites is 1. The van der Waals surface area contributed by atoms with Gasteiger partial charge < -0.3 is 15.2 Å². The molecule has 1 heterocycles. The molecule has 16 heavy (non-hydrogen) atoms. The molecule has 1 atom stereocenters. The van der Waals surface area contributed by atoms with Crippen LogP contribution in [0.5, 0.6) is 5.75 Å². The van der Waals surface area contributed by atoms with Crippen LogP contribution in [0.25, 0.3) is 0 Å². The lowest BCUT2D eigenvalue weighted by molar-refractivity contribution is -0.138. The van der Waals surface area contributed by atoms with Crippen LogP contribution < -0.4 is 10.1 Å². The molecule has 0 bridgehead atoms. The fourth-order valence-corrected chi connectivity index (χ4v) is 1.58. The molecule has 84 valence electrons. The van der Waals surface area contributed by atoms with Gasteiger partial charge in [-0.25, -0.2) is 4.79 Å². The van der Waals surface area contributed by atoms with Gasteiger partial charge in [-0.3, -0.25) is 4.99 Å². The highest BCUT2D eigenvalue weighted by atomic mass is 16.5. The molecular formula is C11H12N2O3. The lowest BCUT2D eigenvalue weighted by Crippen LogP contribution is -2.37. The van der Waals surface area contributed by atoms with E-state index in [2.05, 4.69) is 10.3 Å². The van der Waals surface area contributed by atoms with Crippen molar-refractivity contribution in [2.24, 2.45) is 4.99 Å². The number of aliphatic carboxylic acids is 1. The molecule has 0 aliphatic carbocycles. The molecule has 2 N–H and O–H groups in total. The highest BCUT2D eigenvalue weighted by Gasteiger charge is 2.25. The van der Waals surface area contributed by atoms with E-state index in [0.29, 0.717) is 11.6 Å². The molecular weight excluding hydrogens is 208 g/mol. The van der Waals surface area contributed by atoms with Crippen molar-refractivity contribution in [3.63, 3.8) is 0 Å². The predicted octanol–water partition coefficient (Wildman–Crippen LogP) is 0.498. The Balaban J connectivity index is 2.23. The molecule has 0 aromatic heterocycles. The molecule has 5 nitrogen and oxygen atoms in total. The van der Waals surface area contributed by atoms with Gasteiger partial charge in [-0.05, 0) is 12.1 Å². The van der Waals surface area contributed by atoms with Crippen molar-refractivity contribution in [2.75, 3.05) is 13.7 Å². The molecule has 1 aromatic carbocycles. The smallest absolute Gasteiger partial charge is 0.328 e. The molecule has 2 rings (SSSR count). The fourth-order valence-electron chi connectivity index (χ4n) is 1.58. The molecule has 0 fully saturated rings. The standard InChI is InChI=1S/C11H12N2O3/c1-16-9-5-3-2-4-7(9)10-12-6-8(13-10)11(14)15/h2-5,8H,6H2,1H3,(H,12,13)(H,14,15). The lowest BCUT2D eigenvalue weighted by Gasteiger charge is -2.10. The van der Waals surface area contributed by atoms with Crippen LogP contribution >= 0.6 is 0 Å². The average Bonchev–Trinajstić information content (AvgIpc) is 2.78. The van der Waals surface area contributed by atoms with Crippen molar-refractivity contribution in [2.45, 2.75) is 6.04 Å². The van der Waals surface area contributed by atoms with Crippen LogP contribution in [0.2, 0.25) is 0 Å². The molecule has 0 radical (unpaired) electrons. The zero-order valence-corrected chi connectivity index (χ0v) is 8.80. The maximum Gasteiger partial charge on any atom is 0.328 e. The molecule has 0 saturated heterocycles. The molecule has 1 aliphatic heterocycles. The Bertz CT molecular complexity index is 443. The third-order valence-electron chi connectivity index (χ3n) is 2.40. The van der Waals surface area contributed by atoms with Gasteiger partial charge in [0, 0.05) is 0 Å². The Morgan fingerprint density at radius 1 is 1.56 bits per heavy atom. The van der Waals surface area contributed by atoms with E-state index in [1.807, 2.05) is 24.3 Å². The summed E-state index contributed by atoms with van der Waals surface area (Å²) in [5.41, 5.74) is 0.786. The van der Waals surface area contributed by atoms with E-state index >= 15 is 0 Å². The van der Waals surface area contributed by atoms with E-state index in [-0.39, 0.29) is 6.54 Å². The number of aliphatic imine (C=N–C) groups is 1. The van der Waals surface area contributed by atoms with E-state index in [0.717, 1.165) is 5.56 Å². The third-order valence-corrected chi connectivity index (χ3v) is 2.40. The van der Waals surface area contributed by atoms with Gasteiger partial charge in [0.05, 0.1) is 19.2 Å². The number of nitrogens with one attached hydrogen (secondary N) is 1. The van der Waals surface area contributed by atoms with Crippen LogP contribution in [0.4, 0.5) is 0 Å². The van der Waals surface area contributed by atoms with Crippen LogP contribution in [0, 0.1) is 0 Å². The number of nitrogens with zero attached hydrogens (tertiary/aromatic N) is 1. The van der Waals surface area contributed by atoms with Gasteiger partial charge >= 0.3 is 5.97 Å². The SMILES string of the molecule is COc1ccccc1C1=NCC(C(=O)O)N1. The minimum absolute atomic E-state index is 0.253. The molecule has 5 heteroatoms. The largest absolute Gasteiger partial charge is 0.496 e. The van der Waals surface area contributed by atoms with Crippen LogP contribution in [0.15, 0.2) is 29.3 Å². The van der Waals surface area contributed by atoms with E-state index in [1.165, 1.54) is 0 Å². The minimum atomic E-state index is -0.895. The van der Waals surface area contributed by atoms with Gasteiger partial charge in [-0.2, -0.15) is 0 Å². The molecule has 1 aromatic rings. The van der Waals surface area contributed by atoms with Crippen molar-refractivity contribution < 1.29 is 14.6 Å². The number of ether oxygens (including phenoxy) is 1. The van der Waals surface area contributed by atoms with E-state index in [9.17, 15) is 4.79 Å². The second-order valence-electron chi connectivity index (χ2n) is 3.42. The molecule has 0 saturated carbocycles. The summed E-state index contributed by atoms with van der Waals surface area (Å²) in [6, 6.07) is 6.73. The first-order chi connectivity index (χ1) is 7.72. The second kappa shape index (κ2) is 4.22. The normalized spacial score (nSPS) is 18.8. The monoisotopic (exact) mass is 220 g/mol. The number of amidine groups is 1. The summed E-state index contributed by atoms with van der Waals surface area (Å²) < 4.78 is 5.19. The van der Waals surface area contributed by atoms with Crippen molar-refractivity contribution in [1.82, 2.24) is 5.32 Å². The number of methoxy groups -OCH3 is 1. The van der Waals surface area contributed by atoms with Crippen molar-refractivity contribution >= 4 is 11.8 Å². The summed E-state index contributed by atoms with van der Waals surface area (Å²) >= 11 is 0. The molecule has 1 aliphatic rings. The van der Waals surface area contributed by atoms with Crippen molar-refractivity contribution in [3.8, 4) is 5.75 Å². The Kier molecular flexibility index (Phi) is 2.76. The molecule has 0 spiro atoms. The lowest BCUT2D eigenvalue weighted by atomic mass is 10.2. The van der Waals surface area contributed by atoms with Gasteiger partial charge in [0.25, 0.3) is 0 Å². The summed E-state index contributed by atoms with van der Waals surface area (Å²) in [5, 5.41) is 11.7. The summed E-state index contributed by atoms with van der Waals surface area (Å²) in [6.07, 6.45) is 0. The summed E-state index contributed by atoms with van der Waals surface area (Å²) in [6.45, 7) is 0.253. The summed E-state index contributed by atoms with van der Waals surface area (Å²) in [5.74, 6) is 0.360. The first-order valence-corrected chi connectivity index (χ1v) is 4.89. The van der Waals surface area contributed by atoms with Gasteiger partial charge in [-0.15, -0.1) is 0 Å². The number of rotatable bonds is 3. The van der Waals surface area contributed by atoms with Crippen LogP contribution in [0.3, 0.4) is 0 Å². The highest BCUT2D eigenvalue weighted by molar-refractivity contribution is 6.04. The zero-order valence-electron chi connectivity index (χ0n) is 8.80. The molecule has 0 amide bonds. The Morgan fingerprint density at radius 2 is 2.31 bits per heavy atom. The quantitative estimate of drug-likeness (QED) is 0.778. The number of carboxylic acids is 1. The minimum Gasteiger partial charge on any atom is -0.496 e. The van der Waals surface area contributed by atoms with Crippen LogP contribution in [-0.4, -0.2) is 36.6 Å². The Hall–Kier alpha value is -2.04. The summed E-state index contributed by atoms with van der Waals surface area (Å²) in [4.78, 5) is 14.9. The van der Waals surface area contributed by atoms with Gasteiger partial charge in [0.1, 0.15) is 17.6 Å². The highest BCUT2D eigenvalue weighted by Crippen LogP contribution is 2.19. The second-order valence-corrected chi connectivity index (χ2v) is 3.42. The summed E-state index contributed by atoms with van der Waals surface area (Å²) in [7, 11) is 1.57. The van der Waals surface area contributed by atoms with E-state index in [1.54, 1.807) is 7.11 Å². The van der Waals surface area contributed by atoms with Gasteiger partial charge in [0.15, 0.2) is 0 Å².